The molecule has 0 heterocycles. The molecule has 0 aliphatic rings. The molecule has 0 spiro atoms. The summed E-state index contributed by atoms with van der Waals surface area (Å²) in [4.78, 5) is 26.8. The van der Waals surface area contributed by atoms with E-state index in [-0.39, 0.29) is 5.56 Å². The zero-order valence-corrected chi connectivity index (χ0v) is 14.2. The van der Waals surface area contributed by atoms with Crippen molar-refractivity contribution in [3.63, 3.8) is 0 Å². The molecule has 0 aliphatic heterocycles. The van der Waals surface area contributed by atoms with Crippen molar-refractivity contribution in [2.24, 2.45) is 5.73 Å². The highest BCUT2D eigenvalue weighted by atomic mass is 19.2. The number of nitrogens with one attached hydrogen (secondary N) is 1. The molecule has 2 rings (SSSR count). The Morgan fingerprint density at radius 3 is 2.04 bits per heavy atom. The van der Waals surface area contributed by atoms with Gasteiger partial charge in [0.1, 0.15) is 11.1 Å². The van der Waals surface area contributed by atoms with Crippen LogP contribution in [0.4, 0.5) is 26.7 Å². The quantitative estimate of drug-likeness (QED) is 0.440. The van der Waals surface area contributed by atoms with Gasteiger partial charge in [0, 0.05) is 6.42 Å². The van der Waals surface area contributed by atoms with E-state index >= 15 is 4.39 Å². The number of rotatable bonds is 6. The van der Waals surface area contributed by atoms with E-state index in [4.69, 9.17) is 5.73 Å². The lowest BCUT2D eigenvalue weighted by Crippen LogP contribution is -2.36. The van der Waals surface area contributed by atoms with E-state index in [2.05, 4.69) is 9.57 Å². The first-order valence-electron chi connectivity index (χ1n) is 7.53. The highest BCUT2D eigenvalue weighted by molar-refractivity contribution is 5.94. The van der Waals surface area contributed by atoms with Crippen LogP contribution in [0.15, 0.2) is 30.3 Å². The molecule has 150 valence electrons. The topological polar surface area (TPSA) is 90.7 Å². The maximum absolute atomic E-state index is 15.4. The summed E-state index contributed by atoms with van der Waals surface area (Å²) in [5.41, 5.74) is 2.71. The van der Waals surface area contributed by atoms with Gasteiger partial charge in [-0.15, -0.1) is 0 Å². The van der Waals surface area contributed by atoms with Crippen LogP contribution in [-0.2, 0) is 21.9 Å². The smallest absolute Gasteiger partial charge is 0.407 e. The number of alkyl halides is 1. The number of amides is 2. The third kappa shape index (κ3) is 4.03. The number of hydrogen-bond donors (Lipinski definition) is 2. The van der Waals surface area contributed by atoms with Crippen LogP contribution >= 0.6 is 0 Å². The molecule has 2 aromatic rings. The molecule has 1 atom stereocenters. The Balaban J connectivity index is 2.70. The summed E-state index contributed by atoms with van der Waals surface area (Å²) in [5.74, 6) is -14.4. The molecule has 2 aromatic carbocycles. The van der Waals surface area contributed by atoms with Gasteiger partial charge in [0.15, 0.2) is 23.3 Å². The minimum absolute atomic E-state index is 0.0621. The minimum Gasteiger partial charge on any atom is -0.407 e. The van der Waals surface area contributed by atoms with Gasteiger partial charge in [-0.25, -0.2) is 27.8 Å². The van der Waals surface area contributed by atoms with Crippen molar-refractivity contribution in [1.29, 1.82) is 0 Å². The van der Waals surface area contributed by atoms with Crippen molar-refractivity contribution in [2.45, 2.75) is 12.3 Å². The Morgan fingerprint density at radius 1 is 1.04 bits per heavy atom. The molecule has 2 amide bonds. The molecule has 3 N–H and O–H groups in total. The van der Waals surface area contributed by atoms with Crippen LogP contribution in [0.2, 0.25) is 0 Å². The number of nitrogens with two attached hydrogens (primary N) is 1. The lowest BCUT2D eigenvalue weighted by molar-refractivity contribution is -0.104. The normalized spacial score (nSPS) is 12.9. The Morgan fingerprint density at radius 2 is 1.57 bits per heavy atom. The Kier molecular flexibility index (Phi) is 6.19. The number of primary amides is 1. The number of halogens is 5. The highest BCUT2D eigenvalue weighted by Crippen LogP contribution is 2.38. The van der Waals surface area contributed by atoms with Gasteiger partial charge in [-0.3, -0.25) is 9.63 Å². The lowest BCUT2D eigenvalue weighted by atomic mass is 9.95. The SMILES string of the molecule is CONC(=O)c1c(F)c(F)c(C(F)(Cc2ccccc2)OC(N)=O)c(F)c1F. The predicted octanol–water partition coefficient (Wildman–Crippen LogP) is 2.99. The molecular formula is C17H13F5N2O4. The van der Waals surface area contributed by atoms with Gasteiger partial charge in [-0.1, -0.05) is 30.3 Å². The summed E-state index contributed by atoms with van der Waals surface area (Å²) in [7, 11) is 0.905. The Bertz CT molecular complexity index is 881. The number of benzene rings is 2. The summed E-state index contributed by atoms with van der Waals surface area (Å²) in [6.07, 6.45) is -2.81. The second-order valence-corrected chi connectivity index (χ2v) is 5.45. The van der Waals surface area contributed by atoms with Gasteiger partial charge < -0.3 is 10.5 Å². The molecule has 1 unspecified atom stereocenters. The molecule has 28 heavy (non-hydrogen) atoms. The second-order valence-electron chi connectivity index (χ2n) is 5.45. The first-order valence-corrected chi connectivity index (χ1v) is 7.53. The van der Waals surface area contributed by atoms with Gasteiger partial charge in [0.2, 0.25) is 0 Å². The van der Waals surface area contributed by atoms with Crippen molar-refractivity contribution in [3.05, 3.63) is 70.3 Å². The fourth-order valence-electron chi connectivity index (χ4n) is 2.50. The molecule has 0 aromatic heterocycles. The molecule has 0 radical (unpaired) electrons. The van der Waals surface area contributed by atoms with E-state index in [0.717, 1.165) is 7.11 Å². The standard InChI is InChI=1S/C17H13F5N2O4/c1-27-24-15(25)9-11(18)13(20)10(14(21)12(9)19)17(22,28-16(23)26)7-8-5-3-2-4-6-8/h2-6H,7H2,1H3,(H2,23,26)(H,24,25). The zero-order valence-electron chi connectivity index (χ0n) is 14.2. The lowest BCUT2D eigenvalue weighted by Gasteiger charge is -2.26. The van der Waals surface area contributed by atoms with Crippen LogP contribution in [0.3, 0.4) is 0 Å². The van der Waals surface area contributed by atoms with Crippen LogP contribution in [-0.4, -0.2) is 19.1 Å². The molecule has 0 bridgehead atoms. The van der Waals surface area contributed by atoms with Gasteiger partial charge >= 0.3 is 6.09 Å². The second kappa shape index (κ2) is 8.21. The zero-order chi connectivity index (χ0) is 21.1. The number of ether oxygens (including phenoxy) is 1. The molecule has 6 nitrogen and oxygen atoms in total. The molecule has 0 aliphatic carbocycles. The molecular weight excluding hydrogens is 391 g/mol. The van der Waals surface area contributed by atoms with Crippen molar-refractivity contribution in [2.75, 3.05) is 7.11 Å². The Labute approximate surface area is 155 Å². The van der Waals surface area contributed by atoms with E-state index in [1.54, 1.807) is 6.07 Å². The average Bonchev–Trinajstić information content (AvgIpc) is 2.60. The maximum Gasteiger partial charge on any atom is 0.407 e. The fourth-order valence-corrected chi connectivity index (χ4v) is 2.50. The van der Waals surface area contributed by atoms with E-state index in [9.17, 15) is 27.2 Å². The van der Waals surface area contributed by atoms with Gasteiger partial charge in [0.05, 0.1) is 7.11 Å². The van der Waals surface area contributed by atoms with E-state index < -0.39 is 58.7 Å². The predicted molar refractivity (Wildman–Crippen MR) is 84.3 cm³/mol. The monoisotopic (exact) mass is 404 g/mol. The van der Waals surface area contributed by atoms with Crippen LogP contribution in [0.25, 0.3) is 0 Å². The van der Waals surface area contributed by atoms with Crippen molar-refractivity contribution >= 4 is 12.0 Å². The largest absolute Gasteiger partial charge is 0.407 e. The molecule has 0 saturated heterocycles. The summed E-state index contributed by atoms with van der Waals surface area (Å²) in [6.45, 7) is 0. The average molecular weight is 404 g/mol. The van der Waals surface area contributed by atoms with Gasteiger partial charge in [0.25, 0.3) is 11.8 Å². The number of carbonyl (C=O) groups excluding carboxylic acids is 2. The van der Waals surface area contributed by atoms with Crippen molar-refractivity contribution < 1.29 is 41.1 Å². The number of carbonyl (C=O) groups is 2. The van der Waals surface area contributed by atoms with Crippen LogP contribution in [0.5, 0.6) is 0 Å². The van der Waals surface area contributed by atoms with Crippen LogP contribution < -0.4 is 11.2 Å². The summed E-state index contributed by atoms with van der Waals surface area (Å²) in [6, 6.07) is 7.03. The van der Waals surface area contributed by atoms with E-state index in [0.29, 0.717) is 0 Å². The number of hydrogen-bond acceptors (Lipinski definition) is 4. The fraction of sp³-hybridized carbons (Fsp3) is 0.176. The maximum atomic E-state index is 15.4. The molecule has 11 heteroatoms. The first-order chi connectivity index (χ1) is 13.1. The van der Waals surface area contributed by atoms with Crippen molar-refractivity contribution in [3.8, 4) is 0 Å². The van der Waals surface area contributed by atoms with E-state index in [1.807, 2.05) is 0 Å². The first kappa shape index (κ1) is 21.1. The summed E-state index contributed by atoms with van der Waals surface area (Å²) >= 11 is 0. The van der Waals surface area contributed by atoms with E-state index in [1.165, 1.54) is 29.7 Å². The molecule has 0 fully saturated rings. The van der Waals surface area contributed by atoms with Crippen LogP contribution in [0, 0.1) is 23.3 Å². The van der Waals surface area contributed by atoms with Gasteiger partial charge in [-0.2, -0.15) is 4.39 Å². The Hall–Kier alpha value is -3.21. The van der Waals surface area contributed by atoms with Crippen molar-refractivity contribution in [1.82, 2.24) is 5.48 Å². The third-order valence-corrected chi connectivity index (χ3v) is 3.60. The highest BCUT2D eigenvalue weighted by Gasteiger charge is 2.45. The van der Waals surface area contributed by atoms with Crippen LogP contribution in [0.1, 0.15) is 21.5 Å². The molecule has 0 saturated carbocycles. The number of hydroxylamine groups is 1. The van der Waals surface area contributed by atoms with Gasteiger partial charge in [-0.05, 0) is 5.56 Å². The summed E-state index contributed by atoms with van der Waals surface area (Å²) in [5, 5.41) is 0. The summed E-state index contributed by atoms with van der Waals surface area (Å²) < 4.78 is 77.0. The minimum atomic E-state index is -3.71. The third-order valence-electron chi connectivity index (χ3n) is 3.60.